The summed E-state index contributed by atoms with van der Waals surface area (Å²) in [4.78, 5) is 33.9. The molecule has 2 rings (SSSR count). The summed E-state index contributed by atoms with van der Waals surface area (Å²) in [6.45, 7) is 18.6. The molecule has 0 unspecified atom stereocenters. The van der Waals surface area contributed by atoms with Crippen molar-refractivity contribution in [2.24, 2.45) is 5.41 Å². The Kier molecular flexibility index (Phi) is 6.21. The third-order valence-electron chi connectivity index (χ3n) is 4.49. The predicted octanol–water partition coefficient (Wildman–Crippen LogP) is 4.11. The van der Waals surface area contributed by atoms with Crippen LogP contribution in [0.25, 0.3) is 5.57 Å². The number of allylic oxidation sites excluding steroid dienone is 1. The van der Waals surface area contributed by atoms with E-state index >= 15 is 0 Å². The van der Waals surface area contributed by atoms with Gasteiger partial charge < -0.3 is 14.5 Å². The van der Waals surface area contributed by atoms with E-state index in [1.165, 1.54) is 0 Å². The Labute approximate surface area is 168 Å². The second-order valence-electron chi connectivity index (χ2n) is 9.49. The lowest BCUT2D eigenvalue weighted by atomic mass is 9.85. The van der Waals surface area contributed by atoms with Crippen LogP contribution < -0.4 is 0 Å². The maximum absolute atomic E-state index is 13.1. The Balaban J connectivity index is 2.19. The molecular weight excluding hydrogens is 354 g/mol. The molecule has 2 heterocycles. The highest BCUT2D eigenvalue weighted by Gasteiger charge is 2.45. The molecule has 1 aliphatic rings. The highest BCUT2D eigenvalue weighted by atomic mass is 16.6. The van der Waals surface area contributed by atoms with Crippen molar-refractivity contribution in [1.82, 2.24) is 14.8 Å². The number of carbonyl (C=O) groups is 2. The lowest BCUT2D eigenvalue weighted by Crippen LogP contribution is -2.52. The van der Waals surface area contributed by atoms with Gasteiger partial charge in [0, 0.05) is 13.1 Å². The molecule has 6 heteroatoms. The second-order valence-corrected chi connectivity index (χ2v) is 9.49. The number of nitrogens with zero attached hydrogens (tertiary/aromatic N) is 3. The molecule has 0 saturated carbocycles. The lowest BCUT2D eigenvalue weighted by Gasteiger charge is -2.37. The van der Waals surface area contributed by atoms with Crippen LogP contribution in [-0.4, -0.2) is 51.5 Å². The van der Waals surface area contributed by atoms with E-state index in [9.17, 15) is 9.59 Å². The third kappa shape index (κ3) is 5.33. The van der Waals surface area contributed by atoms with Crippen LogP contribution in [0.2, 0.25) is 0 Å². The number of hydrogen-bond donors (Lipinski definition) is 0. The number of esters is 1. The van der Waals surface area contributed by atoms with Crippen molar-refractivity contribution in [2.75, 3.05) is 13.1 Å². The summed E-state index contributed by atoms with van der Waals surface area (Å²) >= 11 is 0. The Morgan fingerprint density at radius 1 is 1.21 bits per heavy atom. The first-order chi connectivity index (χ1) is 12.8. The summed E-state index contributed by atoms with van der Waals surface area (Å²) in [5, 5.41) is 0. The Hall–Kier alpha value is -2.37. The number of pyridine rings is 1. The molecule has 0 aromatic carbocycles. The molecule has 1 aliphatic heterocycles. The minimum Gasteiger partial charge on any atom is -0.458 e. The molecule has 0 bridgehead atoms. The molecule has 1 saturated heterocycles. The van der Waals surface area contributed by atoms with Gasteiger partial charge in [0.15, 0.2) is 0 Å². The standard InChI is InChI=1S/C22H33N3O3/c1-15(2)17-11-9-10-16(23-17)14-24-12-13-25(20(24)27)18(21(3,4)5)19(26)28-22(6,7)8/h9-11,18H,1,12-14H2,2-8H3/t18-/m1/s1. The van der Waals surface area contributed by atoms with Crippen LogP contribution >= 0.6 is 0 Å². The molecule has 1 atom stereocenters. The molecule has 6 nitrogen and oxygen atoms in total. The number of carbonyl (C=O) groups excluding carboxylic acids is 2. The topological polar surface area (TPSA) is 62.7 Å². The van der Waals surface area contributed by atoms with Crippen LogP contribution in [0.1, 0.15) is 59.9 Å². The number of amides is 2. The van der Waals surface area contributed by atoms with E-state index in [0.29, 0.717) is 19.6 Å². The van der Waals surface area contributed by atoms with Gasteiger partial charge in [-0.3, -0.25) is 4.98 Å². The first-order valence-corrected chi connectivity index (χ1v) is 9.70. The molecule has 1 fully saturated rings. The molecule has 0 N–H and O–H groups in total. The van der Waals surface area contributed by atoms with E-state index in [4.69, 9.17) is 4.74 Å². The number of aromatic nitrogens is 1. The van der Waals surface area contributed by atoms with Gasteiger partial charge >= 0.3 is 12.0 Å². The smallest absolute Gasteiger partial charge is 0.329 e. The fraction of sp³-hybridized carbons (Fsp3) is 0.591. The molecule has 0 radical (unpaired) electrons. The highest BCUT2D eigenvalue weighted by Crippen LogP contribution is 2.30. The molecular formula is C22H33N3O3. The maximum Gasteiger partial charge on any atom is 0.329 e. The minimum atomic E-state index is -0.640. The van der Waals surface area contributed by atoms with Gasteiger partial charge in [-0.1, -0.05) is 33.4 Å². The summed E-state index contributed by atoms with van der Waals surface area (Å²) in [7, 11) is 0. The van der Waals surface area contributed by atoms with Crippen molar-refractivity contribution < 1.29 is 14.3 Å². The number of ether oxygens (including phenoxy) is 1. The van der Waals surface area contributed by atoms with Gasteiger partial charge in [-0.2, -0.15) is 0 Å². The van der Waals surface area contributed by atoms with E-state index in [-0.39, 0.29) is 12.0 Å². The van der Waals surface area contributed by atoms with E-state index in [1.54, 1.807) is 9.80 Å². The zero-order valence-electron chi connectivity index (χ0n) is 18.2. The molecule has 1 aromatic rings. The summed E-state index contributed by atoms with van der Waals surface area (Å²) in [5.41, 5.74) is 1.47. The largest absolute Gasteiger partial charge is 0.458 e. The van der Waals surface area contributed by atoms with Crippen molar-refractivity contribution in [1.29, 1.82) is 0 Å². The van der Waals surface area contributed by atoms with Crippen molar-refractivity contribution in [3.05, 3.63) is 36.2 Å². The van der Waals surface area contributed by atoms with E-state index in [2.05, 4.69) is 11.6 Å². The fourth-order valence-electron chi connectivity index (χ4n) is 3.29. The normalized spacial score (nSPS) is 16.3. The van der Waals surface area contributed by atoms with Crippen molar-refractivity contribution >= 4 is 17.6 Å². The summed E-state index contributed by atoms with van der Waals surface area (Å²) in [6.07, 6.45) is 0. The SMILES string of the molecule is C=C(C)c1cccc(CN2CCN([C@H](C(=O)OC(C)(C)C)C(C)(C)C)C2=O)n1. The zero-order chi connectivity index (χ0) is 21.3. The van der Waals surface area contributed by atoms with Crippen LogP contribution in [0.15, 0.2) is 24.8 Å². The number of urea groups is 1. The first kappa shape index (κ1) is 21.9. The lowest BCUT2D eigenvalue weighted by molar-refractivity contribution is -0.164. The first-order valence-electron chi connectivity index (χ1n) is 9.70. The maximum atomic E-state index is 13.1. The Morgan fingerprint density at radius 3 is 2.39 bits per heavy atom. The van der Waals surface area contributed by atoms with Gasteiger partial charge in [0.2, 0.25) is 0 Å². The quantitative estimate of drug-likeness (QED) is 0.713. The van der Waals surface area contributed by atoms with Gasteiger partial charge in [-0.05, 0) is 50.8 Å². The van der Waals surface area contributed by atoms with Crippen LogP contribution in [-0.2, 0) is 16.1 Å². The fourth-order valence-corrected chi connectivity index (χ4v) is 3.29. The van der Waals surface area contributed by atoms with E-state index in [0.717, 1.165) is 17.0 Å². The van der Waals surface area contributed by atoms with Crippen LogP contribution in [0.4, 0.5) is 4.79 Å². The average molecular weight is 388 g/mol. The third-order valence-corrected chi connectivity index (χ3v) is 4.49. The van der Waals surface area contributed by atoms with Crippen LogP contribution in [0.5, 0.6) is 0 Å². The summed E-state index contributed by atoms with van der Waals surface area (Å²) in [6, 6.07) is 4.93. The van der Waals surface area contributed by atoms with Gasteiger partial charge in [0.1, 0.15) is 11.6 Å². The Bertz CT molecular complexity index is 759. The van der Waals surface area contributed by atoms with Crippen molar-refractivity contribution in [3.63, 3.8) is 0 Å². The summed E-state index contributed by atoms with van der Waals surface area (Å²) < 4.78 is 5.61. The van der Waals surface area contributed by atoms with Crippen molar-refractivity contribution in [2.45, 2.75) is 66.7 Å². The molecule has 2 amide bonds. The molecule has 154 valence electrons. The van der Waals surface area contributed by atoms with Gasteiger partial charge in [-0.15, -0.1) is 0 Å². The monoisotopic (exact) mass is 387 g/mol. The summed E-state index contributed by atoms with van der Waals surface area (Å²) in [5.74, 6) is -0.363. The van der Waals surface area contributed by atoms with Gasteiger partial charge in [-0.25, -0.2) is 9.59 Å². The molecule has 1 aromatic heterocycles. The molecule has 0 aliphatic carbocycles. The van der Waals surface area contributed by atoms with Gasteiger partial charge in [0.05, 0.1) is 17.9 Å². The highest BCUT2D eigenvalue weighted by molar-refractivity contribution is 5.85. The Morgan fingerprint density at radius 2 is 1.86 bits per heavy atom. The number of hydrogen-bond acceptors (Lipinski definition) is 4. The van der Waals surface area contributed by atoms with Crippen molar-refractivity contribution in [3.8, 4) is 0 Å². The van der Waals surface area contributed by atoms with E-state index in [1.807, 2.05) is 66.7 Å². The van der Waals surface area contributed by atoms with Gasteiger partial charge in [0.25, 0.3) is 0 Å². The number of rotatable bonds is 5. The molecule has 28 heavy (non-hydrogen) atoms. The van der Waals surface area contributed by atoms with E-state index < -0.39 is 17.1 Å². The minimum absolute atomic E-state index is 0.159. The zero-order valence-corrected chi connectivity index (χ0v) is 18.2. The second kappa shape index (κ2) is 7.94. The average Bonchev–Trinajstić information content (AvgIpc) is 2.86. The van der Waals surface area contributed by atoms with Crippen LogP contribution in [0.3, 0.4) is 0 Å². The molecule has 0 spiro atoms. The predicted molar refractivity (Wildman–Crippen MR) is 111 cm³/mol. The van der Waals surface area contributed by atoms with Crippen LogP contribution in [0, 0.1) is 5.41 Å².